The second-order valence-corrected chi connectivity index (χ2v) is 5.06. The van der Waals surface area contributed by atoms with Gasteiger partial charge < -0.3 is 5.43 Å². The summed E-state index contributed by atoms with van der Waals surface area (Å²) in [5, 5.41) is 5.09. The number of hydrogen-bond acceptors (Lipinski definition) is 5. The molecule has 0 radical (unpaired) electrons. The first-order chi connectivity index (χ1) is 8.57. The van der Waals surface area contributed by atoms with Crippen molar-refractivity contribution in [2.24, 2.45) is 5.14 Å². The fourth-order valence-corrected chi connectivity index (χ4v) is 2.00. The second-order valence-electron chi connectivity index (χ2n) is 3.53. The molecule has 0 saturated carbocycles. The van der Waals surface area contributed by atoms with Gasteiger partial charge in [-0.25, -0.2) is 13.6 Å². The van der Waals surface area contributed by atoms with Crippen LogP contribution in [0.15, 0.2) is 53.7 Å². The minimum Gasteiger partial charge on any atom is -0.301 e. The quantitative estimate of drug-likeness (QED) is 0.720. The SMILES string of the molecule is NS(=O)(=O)c1cnccc1NNc1ccccc1. The van der Waals surface area contributed by atoms with Crippen molar-refractivity contribution in [3.8, 4) is 0 Å². The maximum atomic E-state index is 11.3. The summed E-state index contributed by atoms with van der Waals surface area (Å²) in [5.74, 6) is 0. The molecule has 1 aromatic heterocycles. The number of rotatable bonds is 4. The first kappa shape index (κ1) is 12.3. The van der Waals surface area contributed by atoms with Crippen molar-refractivity contribution in [2.45, 2.75) is 4.90 Å². The van der Waals surface area contributed by atoms with Gasteiger partial charge in [0.2, 0.25) is 10.0 Å². The van der Waals surface area contributed by atoms with Crippen LogP contribution in [0.3, 0.4) is 0 Å². The fraction of sp³-hybridized carbons (Fsp3) is 0. The Labute approximate surface area is 105 Å². The lowest BCUT2D eigenvalue weighted by Crippen LogP contribution is -2.17. The van der Waals surface area contributed by atoms with Crippen molar-refractivity contribution in [1.29, 1.82) is 0 Å². The van der Waals surface area contributed by atoms with E-state index < -0.39 is 10.0 Å². The first-order valence-electron chi connectivity index (χ1n) is 5.11. The smallest absolute Gasteiger partial charge is 0.241 e. The first-order valence-corrected chi connectivity index (χ1v) is 6.66. The number of hydrogen-bond donors (Lipinski definition) is 3. The number of primary sulfonamides is 1. The highest BCUT2D eigenvalue weighted by Gasteiger charge is 2.13. The number of para-hydroxylation sites is 1. The van der Waals surface area contributed by atoms with Gasteiger partial charge in [0, 0.05) is 12.4 Å². The van der Waals surface area contributed by atoms with E-state index in [1.807, 2.05) is 30.3 Å². The third kappa shape index (κ3) is 2.96. The van der Waals surface area contributed by atoms with Crippen molar-refractivity contribution in [2.75, 3.05) is 10.9 Å². The molecule has 1 aromatic carbocycles. The van der Waals surface area contributed by atoms with Crippen LogP contribution in [0.1, 0.15) is 0 Å². The molecule has 0 saturated heterocycles. The zero-order chi connectivity index (χ0) is 13.0. The Bertz CT molecular complexity index is 629. The summed E-state index contributed by atoms with van der Waals surface area (Å²) in [6.07, 6.45) is 2.67. The van der Waals surface area contributed by atoms with Gasteiger partial charge in [0.05, 0.1) is 11.4 Å². The fourth-order valence-electron chi connectivity index (χ4n) is 1.37. The summed E-state index contributed by atoms with van der Waals surface area (Å²) in [5.41, 5.74) is 6.81. The minimum absolute atomic E-state index is 0.0616. The third-order valence-corrected chi connectivity index (χ3v) is 3.14. The van der Waals surface area contributed by atoms with Crippen LogP contribution in [-0.4, -0.2) is 13.4 Å². The lowest BCUT2D eigenvalue weighted by molar-refractivity contribution is 0.597. The Morgan fingerprint density at radius 3 is 2.44 bits per heavy atom. The van der Waals surface area contributed by atoms with Crippen LogP contribution >= 0.6 is 0 Å². The van der Waals surface area contributed by atoms with Gasteiger partial charge in [0.15, 0.2) is 0 Å². The molecule has 4 N–H and O–H groups in total. The Kier molecular flexibility index (Phi) is 3.45. The molecule has 7 heteroatoms. The predicted octanol–water partition coefficient (Wildman–Crippen LogP) is 1.17. The molecule has 0 aliphatic carbocycles. The summed E-state index contributed by atoms with van der Waals surface area (Å²) in [6.45, 7) is 0. The monoisotopic (exact) mass is 264 g/mol. The van der Waals surface area contributed by atoms with Gasteiger partial charge in [-0.3, -0.25) is 10.4 Å². The highest BCUT2D eigenvalue weighted by Crippen LogP contribution is 2.18. The topological polar surface area (TPSA) is 97.1 Å². The second kappa shape index (κ2) is 5.03. The van der Waals surface area contributed by atoms with Gasteiger partial charge in [-0.1, -0.05) is 18.2 Å². The van der Waals surface area contributed by atoms with E-state index in [1.165, 1.54) is 18.5 Å². The summed E-state index contributed by atoms with van der Waals surface area (Å²) >= 11 is 0. The van der Waals surface area contributed by atoms with Crippen LogP contribution in [0.5, 0.6) is 0 Å². The van der Waals surface area contributed by atoms with Crippen LogP contribution in [0.25, 0.3) is 0 Å². The number of benzene rings is 1. The van der Waals surface area contributed by atoms with Crippen LogP contribution in [0.4, 0.5) is 11.4 Å². The summed E-state index contributed by atoms with van der Waals surface area (Å²) in [7, 11) is -3.80. The highest BCUT2D eigenvalue weighted by atomic mass is 32.2. The van der Waals surface area contributed by atoms with Crippen LogP contribution in [0, 0.1) is 0 Å². The molecule has 2 rings (SSSR count). The summed E-state index contributed by atoms with van der Waals surface area (Å²) in [6, 6.07) is 10.8. The van der Waals surface area contributed by atoms with Gasteiger partial charge in [-0.15, -0.1) is 0 Å². The summed E-state index contributed by atoms with van der Waals surface area (Å²) < 4.78 is 22.7. The van der Waals surface area contributed by atoms with Crippen LogP contribution < -0.4 is 16.0 Å². The van der Waals surface area contributed by atoms with E-state index in [0.717, 1.165) is 5.69 Å². The summed E-state index contributed by atoms with van der Waals surface area (Å²) in [4.78, 5) is 3.68. The Morgan fingerprint density at radius 2 is 1.78 bits per heavy atom. The number of anilines is 2. The van der Waals surface area contributed by atoms with Gasteiger partial charge >= 0.3 is 0 Å². The largest absolute Gasteiger partial charge is 0.301 e. The maximum Gasteiger partial charge on any atom is 0.241 e. The Balaban J connectivity index is 2.20. The predicted molar refractivity (Wildman–Crippen MR) is 69.3 cm³/mol. The number of aromatic nitrogens is 1. The van der Waals surface area contributed by atoms with Gasteiger partial charge in [0.25, 0.3) is 0 Å². The molecule has 0 unspecified atom stereocenters. The molecule has 6 nitrogen and oxygen atoms in total. The zero-order valence-electron chi connectivity index (χ0n) is 9.37. The van der Waals surface area contributed by atoms with E-state index in [2.05, 4.69) is 15.8 Å². The molecule has 94 valence electrons. The van der Waals surface area contributed by atoms with E-state index in [0.29, 0.717) is 5.69 Å². The van der Waals surface area contributed by atoms with E-state index in [4.69, 9.17) is 5.14 Å². The lowest BCUT2D eigenvalue weighted by atomic mass is 10.3. The number of nitrogens with zero attached hydrogens (tertiary/aromatic N) is 1. The van der Waals surface area contributed by atoms with Crippen molar-refractivity contribution in [3.63, 3.8) is 0 Å². The molecule has 0 aliphatic rings. The third-order valence-electron chi connectivity index (χ3n) is 2.21. The van der Waals surface area contributed by atoms with E-state index >= 15 is 0 Å². The molecule has 0 aliphatic heterocycles. The number of nitrogens with two attached hydrogens (primary N) is 1. The van der Waals surface area contributed by atoms with Gasteiger partial charge in [0.1, 0.15) is 4.90 Å². The maximum absolute atomic E-state index is 11.3. The zero-order valence-corrected chi connectivity index (χ0v) is 10.2. The molecule has 18 heavy (non-hydrogen) atoms. The van der Waals surface area contributed by atoms with Crippen LogP contribution in [-0.2, 0) is 10.0 Å². The molecule has 0 amide bonds. The number of hydrazine groups is 1. The number of pyridine rings is 1. The standard InChI is InChI=1S/C11H12N4O2S/c12-18(16,17)11-8-13-7-6-10(11)15-14-9-4-2-1-3-5-9/h1-8,14H,(H,13,15)(H2,12,16,17). The van der Waals surface area contributed by atoms with Crippen molar-refractivity contribution in [3.05, 3.63) is 48.8 Å². The molecule has 0 spiro atoms. The number of nitrogens with one attached hydrogen (secondary N) is 2. The van der Waals surface area contributed by atoms with Crippen molar-refractivity contribution < 1.29 is 8.42 Å². The molecule has 0 bridgehead atoms. The van der Waals surface area contributed by atoms with E-state index in [-0.39, 0.29) is 4.90 Å². The molecule has 1 heterocycles. The van der Waals surface area contributed by atoms with Crippen molar-refractivity contribution in [1.82, 2.24) is 4.98 Å². The normalized spacial score (nSPS) is 10.9. The molecular weight excluding hydrogens is 252 g/mol. The Hall–Kier alpha value is -2.12. The van der Waals surface area contributed by atoms with Gasteiger partial charge in [-0.2, -0.15) is 0 Å². The lowest BCUT2D eigenvalue weighted by Gasteiger charge is -2.12. The highest BCUT2D eigenvalue weighted by molar-refractivity contribution is 7.89. The van der Waals surface area contributed by atoms with Gasteiger partial charge in [-0.05, 0) is 18.2 Å². The van der Waals surface area contributed by atoms with Crippen molar-refractivity contribution >= 4 is 21.4 Å². The molecule has 2 aromatic rings. The van der Waals surface area contributed by atoms with E-state index in [9.17, 15) is 8.42 Å². The molecule has 0 fully saturated rings. The minimum atomic E-state index is -3.80. The molecule has 0 atom stereocenters. The van der Waals surface area contributed by atoms with Crippen LogP contribution in [0.2, 0.25) is 0 Å². The average molecular weight is 264 g/mol. The number of sulfonamides is 1. The van der Waals surface area contributed by atoms with E-state index in [1.54, 1.807) is 0 Å². The molecular formula is C11H12N4O2S. The average Bonchev–Trinajstić information content (AvgIpc) is 2.37. The Morgan fingerprint density at radius 1 is 1.06 bits per heavy atom.